The Morgan fingerprint density at radius 1 is 1.10 bits per heavy atom. The molecule has 29 heavy (non-hydrogen) atoms. The number of hydrogen-bond donors (Lipinski definition) is 1. The fourth-order valence-corrected chi connectivity index (χ4v) is 3.47. The van der Waals surface area contributed by atoms with Crippen LogP contribution in [0.1, 0.15) is 18.4 Å². The van der Waals surface area contributed by atoms with E-state index < -0.39 is 39.3 Å². The molecule has 0 bridgehead atoms. The van der Waals surface area contributed by atoms with Crippen LogP contribution >= 0.6 is 0 Å². The van der Waals surface area contributed by atoms with Crippen molar-refractivity contribution in [2.75, 3.05) is 22.4 Å². The predicted molar refractivity (Wildman–Crippen MR) is 97.9 cm³/mol. The van der Waals surface area contributed by atoms with Gasteiger partial charge >= 0.3 is 6.18 Å². The largest absolute Gasteiger partial charge is 0.416 e. The molecule has 0 aliphatic rings. The fraction of sp³-hybridized carbons (Fsp3) is 0.278. The van der Waals surface area contributed by atoms with Gasteiger partial charge in [-0.25, -0.2) is 17.2 Å². The van der Waals surface area contributed by atoms with Crippen molar-refractivity contribution in [3.8, 4) is 0 Å². The van der Waals surface area contributed by atoms with Gasteiger partial charge in [-0.1, -0.05) is 6.07 Å². The van der Waals surface area contributed by atoms with E-state index in [1.165, 1.54) is 6.07 Å². The minimum Gasteiger partial charge on any atom is -0.324 e. The van der Waals surface area contributed by atoms with Gasteiger partial charge in [0, 0.05) is 19.0 Å². The van der Waals surface area contributed by atoms with Crippen molar-refractivity contribution in [3.63, 3.8) is 0 Å². The highest BCUT2D eigenvalue weighted by Gasteiger charge is 2.31. The second kappa shape index (κ2) is 8.76. The van der Waals surface area contributed by atoms with Crippen LogP contribution in [0.2, 0.25) is 0 Å². The molecule has 2 rings (SSSR count). The van der Waals surface area contributed by atoms with Crippen LogP contribution in [-0.4, -0.2) is 27.1 Å². The Morgan fingerprint density at radius 3 is 2.38 bits per heavy atom. The molecule has 158 valence electrons. The zero-order valence-electron chi connectivity index (χ0n) is 15.1. The van der Waals surface area contributed by atoms with Crippen LogP contribution in [0.25, 0.3) is 0 Å². The van der Waals surface area contributed by atoms with Gasteiger partial charge < -0.3 is 5.32 Å². The summed E-state index contributed by atoms with van der Waals surface area (Å²) in [5.74, 6) is -2.45. The molecule has 0 spiro atoms. The summed E-state index contributed by atoms with van der Waals surface area (Å²) < 4.78 is 89.8. The highest BCUT2D eigenvalue weighted by Crippen LogP contribution is 2.32. The van der Waals surface area contributed by atoms with Crippen molar-refractivity contribution in [2.45, 2.75) is 19.0 Å². The number of carbonyl (C=O) groups excluding carboxylic acids is 1. The summed E-state index contributed by atoms with van der Waals surface area (Å²) in [5.41, 5.74) is -1.44. The maximum atomic E-state index is 13.5. The SMILES string of the molecule is CS(=O)(=O)N(CCCC(=O)Nc1ccc(F)cc1F)c1cccc(C(F)(F)F)c1. The van der Waals surface area contributed by atoms with Gasteiger partial charge in [0.1, 0.15) is 11.6 Å². The Bertz CT molecular complexity index is 993. The number of nitrogens with zero attached hydrogens (tertiary/aromatic N) is 1. The van der Waals surface area contributed by atoms with Crippen molar-refractivity contribution in [3.05, 3.63) is 59.7 Å². The van der Waals surface area contributed by atoms with Gasteiger partial charge in [0.15, 0.2) is 0 Å². The summed E-state index contributed by atoms with van der Waals surface area (Å²) >= 11 is 0. The first-order valence-electron chi connectivity index (χ1n) is 8.28. The average molecular weight is 436 g/mol. The van der Waals surface area contributed by atoms with E-state index in [1.807, 2.05) is 0 Å². The standard InChI is InChI=1S/C18H17F5N2O3S/c1-29(27,28)25(14-5-2-4-12(10-14)18(21,22)23)9-3-6-17(26)24-16-8-7-13(19)11-15(16)20/h2,4-5,7-8,10-11H,3,6,9H2,1H3,(H,24,26). The average Bonchev–Trinajstić information content (AvgIpc) is 2.59. The number of benzene rings is 2. The fourth-order valence-electron chi connectivity index (χ4n) is 2.51. The minimum atomic E-state index is -4.64. The maximum absolute atomic E-state index is 13.5. The van der Waals surface area contributed by atoms with E-state index in [9.17, 15) is 35.2 Å². The number of hydrogen-bond acceptors (Lipinski definition) is 3. The highest BCUT2D eigenvalue weighted by atomic mass is 32.2. The molecule has 0 radical (unpaired) electrons. The molecule has 11 heteroatoms. The van der Waals surface area contributed by atoms with Crippen molar-refractivity contribution >= 4 is 27.3 Å². The maximum Gasteiger partial charge on any atom is 0.416 e. The smallest absolute Gasteiger partial charge is 0.324 e. The summed E-state index contributed by atoms with van der Waals surface area (Å²) in [6, 6.07) is 6.40. The minimum absolute atomic E-state index is 0.0437. The lowest BCUT2D eigenvalue weighted by molar-refractivity contribution is -0.137. The first-order chi connectivity index (χ1) is 13.4. The van der Waals surface area contributed by atoms with Gasteiger partial charge in [-0.15, -0.1) is 0 Å². The van der Waals surface area contributed by atoms with Gasteiger partial charge in [0.05, 0.1) is 23.2 Å². The van der Waals surface area contributed by atoms with Gasteiger partial charge in [-0.3, -0.25) is 9.10 Å². The monoisotopic (exact) mass is 436 g/mol. The Kier molecular flexibility index (Phi) is 6.83. The number of nitrogens with one attached hydrogen (secondary N) is 1. The van der Waals surface area contributed by atoms with Crippen LogP contribution in [0.3, 0.4) is 0 Å². The zero-order chi connectivity index (χ0) is 21.8. The second-order valence-corrected chi connectivity index (χ2v) is 8.07. The van der Waals surface area contributed by atoms with Gasteiger partial charge in [-0.2, -0.15) is 13.2 Å². The Labute approximate surface area is 164 Å². The normalized spacial score (nSPS) is 11.9. The van der Waals surface area contributed by atoms with E-state index in [0.29, 0.717) is 12.1 Å². The molecule has 0 saturated heterocycles. The number of halogens is 5. The molecule has 0 fully saturated rings. The quantitative estimate of drug-likeness (QED) is 0.663. The molecular formula is C18H17F5N2O3S. The lowest BCUT2D eigenvalue weighted by Gasteiger charge is -2.23. The number of rotatable bonds is 7. The number of alkyl halides is 3. The van der Waals surface area contributed by atoms with Crippen molar-refractivity contribution in [1.29, 1.82) is 0 Å². The van der Waals surface area contributed by atoms with Crippen molar-refractivity contribution in [1.82, 2.24) is 0 Å². The molecule has 1 amide bonds. The summed E-state index contributed by atoms with van der Waals surface area (Å²) in [6.45, 7) is -0.264. The third kappa shape index (κ3) is 6.41. The zero-order valence-corrected chi connectivity index (χ0v) is 15.9. The van der Waals surface area contributed by atoms with E-state index in [2.05, 4.69) is 5.32 Å². The van der Waals surface area contributed by atoms with Crippen LogP contribution < -0.4 is 9.62 Å². The topological polar surface area (TPSA) is 66.5 Å². The Morgan fingerprint density at radius 2 is 1.79 bits per heavy atom. The predicted octanol–water partition coefficient (Wildman–Crippen LogP) is 4.17. The van der Waals surface area contributed by atoms with E-state index in [4.69, 9.17) is 0 Å². The number of sulfonamides is 1. The summed E-state index contributed by atoms with van der Waals surface area (Å²) in [6.07, 6.45) is -4.08. The molecule has 0 aliphatic carbocycles. The molecule has 1 N–H and O–H groups in total. The summed E-state index contributed by atoms with van der Waals surface area (Å²) in [5, 5.41) is 2.22. The van der Waals surface area contributed by atoms with E-state index in [1.54, 1.807) is 0 Å². The molecule has 0 unspecified atom stereocenters. The lowest BCUT2D eigenvalue weighted by atomic mass is 10.2. The molecule has 0 atom stereocenters. The van der Waals surface area contributed by atoms with Crippen LogP contribution in [0.15, 0.2) is 42.5 Å². The van der Waals surface area contributed by atoms with Crippen molar-refractivity contribution in [2.24, 2.45) is 0 Å². The van der Waals surface area contributed by atoms with Crippen LogP contribution in [-0.2, 0) is 21.0 Å². The summed E-state index contributed by atoms with van der Waals surface area (Å²) in [4.78, 5) is 11.9. The van der Waals surface area contributed by atoms with E-state index in [-0.39, 0.29) is 30.8 Å². The second-order valence-electron chi connectivity index (χ2n) is 6.16. The molecule has 0 aliphatic heterocycles. The first-order valence-corrected chi connectivity index (χ1v) is 10.1. The van der Waals surface area contributed by atoms with Gasteiger partial charge in [0.2, 0.25) is 15.9 Å². The molecule has 5 nitrogen and oxygen atoms in total. The van der Waals surface area contributed by atoms with Gasteiger partial charge in [0.25, 0.3) is 0 Å². The highest BCUT2D eigenvalue weighted by molar-refractivity contribution is 7.92. The Balaban J connectivity index is 2.06. The third-order valence-electron chi connectivity index (χ3n) is 3.83. The molecule has 0 aromatic heterocycles. The molecule has 2 aromatic rings. The molecular weight excluding hydrogens is 419 g/mol. The summed E-state index contributed by atoms with van der Waals surface area (Å²) in [7, 11) is -3.92. The Hall–Kier alpha value is -2.69. The lowest BCUT2D eigenvalue weighted by Crippen LogP contribution is -2.31. The molecule has 2 aromatic carbocycles. The first kappa shape index (κ1) is 22.6. The van der Waals surface area contributed by atoms with Crippen LogP contribution in [0.5, 0.6) is 0 Å². The van der Waals surface area contributed by atoms with Crippen LogP contribution in [0.4, 0.5) is 33.3 Å². The molecule has 0 saturated carbocycles. The third-order valence-corrected chi connectivity index (χ3v) is 5.03. The van der Waals surface area contributed by atoms with E-state index in [0.717, 1.165) is 34.8 Å². The number of amides is 1. The number of anilines is 2. The van der Waals surface area contributed by atoms with Crippen molar-refractivity contribution < 1.29 is 35.2 Å². The van der Waals surface area contributed by atoms with E-state index >= 15 is 0 Å². The van der Waals surface area contributed by atoms with Crippen LogP contribution in [0, 0.1) is 11.6 Å². The molecule has 0 heterocycles. The van der Waals surface area contributed by atoms with Gasteiger partial charge in [-0.05, 0) is 36.8 Å². The number of carbonyl (C=O) groups is 1.